The Kier molecular flexibility index (Phi) is 3.43. The van der Waals surface area contributed by atoms with Crippen LogP contribution in [-0.4, -0.2) is 32.5 Å². The number of carbonyl (C=O) groups is 3. The van der Waals surface area contributed by atoms with Gasteiger partial charge in [0.1, 0.15) is 0 Å². The molecule has 0 spiro atoms. The molecule has 7 heteroatoms. The number of rotatable bonds is 2. The number of carboxylic acid groups (broad SMARTS) is 1. The predicted molar refractivity (Wildman–Crippen MR) is 89.9 cm³/mol. The van der Waals surface area contributed by atoms with Crippen LogP contribution in [0.5, 0.6) is 0 Å². The summed E-state index contributed by atoms with van der Waals surface area (Å²) in [5.41, 5.74) is 0.161. The van der Waals surface area contributed by atoms with Crippen LogP contribution in [0.4, 0.5) is 5.69 Å². The van der Waals surface area contributed by atoms with Crippen LogP contribution in [0.25, 0.3) is 0 Å². The van der Waals surface area contributed by atoms with Gasteiger partial charge in [-0.25, -0.2) is 9.69 Å². The Hall–Kier alpha value is -1.21. The fraction of sp³-hybridized carbons (Fsp3) is 0.438. The Bertz CT molecular complexity index is 705. The van der Waals surface area contributed by atoms with Crippen LogP contribution in [-0.2, 0) is 9.59 Å². The monoisotopic (exact) mass is 441 g/mol. The average Bonchev–Trinajstić information content (AvgIpc) is 3.12. The number of carbonyl (C=O) groups excluding carboxylic acids is 2. The molecule has 4 rings (SSSR count). The third kappa shape index (κ3) is 1.92. The molecule has 23 heavy (non-hydrogen) atoms. The van der Waals surface area contributed by atoms with E-state index in [2.05, 4.69) is 31.9 Å². The molecule has 6 atom stereocenters. The molecule has 3 aliphatic rings. The number of alkyl halides is 2. The quantitative estimate of drug-likeness (QED) is 0.564. The number of halogens is 2. The number of nitrogens with zero attached hydrogens (tertiary/aromatic N) is 1. The van der Waals surface area contributed by atoms with E-state index in [4.69, 9.17) is 0 Å². The third-order valence-corrected chi connectivity index (χ3v) is 8.57. The molecule has 1 heterocycles. The van der Waals surface area contributed by atoms with Crippen molar-refractivity contribution in [3.8, 4) is 0 Å². The van der Waals surface area contributed by atoms with E-state index >= 15 is 0 Å². The van der Waals surface area contributed by atoms with Gasteiger partial charge in [-0.1, -0.05) is 44.0 Å². The summed E-state index contributed by atoms with van der Waals surface area (Å²) in [5.74, 6) is -2.10. The Balaban J connectivity index is 1.78. The third-order valence-electron chi connectivity index (χ3n) is 5.36. The zero-order valence-electron chi connectivity index (χ0n) is 11.9. The van der Waals surface area contributed by atoms with Gasteiger partial charge in [-0.15, -0.1) is 0 Å². The number of imide groups is 1. The zero-order chi connectivity index (χ0) is 16.5. The van der Waals surface area contributed by atoms with E-state index in [9.17, 15) is 19.5 Å². The van der Waals surface area contributed by atoms with Gasteiger partial charge < -0.3 is 5.11 Å². The number of hydrogen-bond acceptors (Lipinski definition) is 3. The van der Waals surface area contributed by atoms with Crippen LogP contribution < -0.4 is 4.90 Å². The van der Waals surface area contributed by atoms with Gasteiger partial charge >= 0.3 is 5.97 Å². The lowest BCUT2D eigenvalue weighted by Gasteiger charge is -2.28. The molecule has 120 valence electrons. The first-order valence-corrected chi connectivity index (χ1v) is 9.25. The summed E-state index contributed by atoms with van der Waals surface area (Å²) in [6.45, 7) is 0. The first-order chi connectivity index (χ1) is 10.9. The summed E-state index contributed by atoms with van der Waals surface area (Å²) >= 11 is 7.27. The first-order valence-electron chi connectivity index (χ1n) is 7.41. The molecule has 3 fully saturated rings. The van der Waals surface area contributed by atoms with E-state index in [1.54, 1.807) is 12.1 Å². The Morgan fingerprint density at radius 2 is 1.57 bits per heavy atom. The molecule has 5 nitrogen and oxygen atoms in total. The van der Waals surface area contributed by atoms with Crippen molar-refractivity contribution in [3.63, 3.8) is 0 Å². The molecule has 2 saturated carbocycles. The van der Waals surface area contributed by atoms with Crippen molar-refractivity contribution >= 4 is 55.3 Å². The molecule has 2 aliphatic carbocycles. The van der Waals surface area contributed by atoms with E-state index < -0.39 is 5.97 Å². The van der Waals surface area contributed by atoms with E-state index in [0.717, 1.165) is 11.3 Å². The molecule has 0 aromatic heterocycles. The lowest BCUT2D eigenvalue weighted by molar-refractivity contribution is -0.123. The number of anilines is 1. The number of carboxylic acids is 1. The van der Waals surface area contributed by atoms with Gasteiger partial charge in [-0.3, -0.25) is 9.59 Å². The second-order valence-corrected chi connectivity index (χ2v) is 8.45. The molecule has 1 aliphatic heterocycles. The SMILES string of the molecule is O=C(O)c1ccccc1N1C(=O)[C@@H]2[C@H]3C[C@@H]([C@H](Br)[C@@H]3Br)[C@@H]2C1=O. The lowest BCUT2D eigenvalue weighted by Crippen LogP contribution is -2.37. The molecule has 2 bridgehead atoms. The topological polar surface area (TPSA) is 74.7 Å². The molecule has 0 radical (unpaired) electrons. The summed E-state index contributed by atoms with van der Waals surface area (Å²) in [7, 11) is 0. The fourth-order valence-electron chi connectivity index (χ4n) is 4.44. The van der Waals surface area contributed by atoms with Crippen molar-refractivity contribution in [2.75, 3.05) is 4.90 Å². The normalized spacial score (nSPS) is 38.3. The van der Waals surface area contributed by atoms with Crippen LogP contribution in [0.15, 0.2) is 24.3 Å². The maximum absolute atomic E-state index is 12.9. The van der Waals surface area contributed by atoms with Gasteiger partial charge in [-0.2, -0.15) is 0 Å². The van der Waals surface area contributed by atoms with Crippen LogP contribution >= 0.6 is 31.9 Å². The summed E-state index contributed by atoms with van der Waals surface area (Å²) in [6, 6.07) is 6.18. The van der Waals surface area contributed by atoms with E-state index in [1.807, 2.05) is 0 Å². The number of aromatic carboxylic acids is 1. The average molecular weight is 443 g/mol. The minimum Gasteiger partial charge on any atom is -0.478 e. The highest BCUT2D eigenvalue weighted by molar-refractivity contribution is 9.12. The molecular formula is C16H13Br2NO4. The van der Waals surface area contributed by atoms with Gasteiger partial charge in [0.05, 0.1) is 23.1 Å². The highest BCUT2D eigenvalue weighted by Crippen LogP contribution is 2.60. The van der Waals surface area contributed by atoms with Gasteiger partial charge in [0, 0.05) is 9.65 Å². The Morgan fingerprint density at radius 3 is 2.09 bits per heavy atom. The fourth-order valence-corrected chi connectivity index (χ4v) is 6.31. The van der Waals surface area contributed by atoms with Crippen LogP contribution in [0.1, 0.15) is 16.8 Å². The maximum atomic E-state index is 12.9. The highest BCUT2D eigenvalue weighted by atomic mass is 79.9. The molecular weight excluding hydrogens is 430 g/mol. The van der Waals surface area contributed by atoms with Crippen molar-refractivity contribution in [1.29, 1.82) is 0 Å². The number of benzene rings is 1. The highest BCUT2D eigenvalue weighted by Gasteiger charge is 2.66. The Labute approximate surface area is 149 Å². The number of amides is 2. The van der Waals surface area contributed by atoms with Gasteiger partial charge in [0.15, 0.2) is 0 Å². The molecule has 1 aromatic carbocycles. The second kappa shape index (κ2) is 5.14. The van der Waals surface area contributed by atoms with Crippen molar-refractivity contribution < 1.29 is 19.5 Å². The standard InChI is InChI=1S/C16H13Br2NO4/c17-12-7-5-8(13(12)18)11-10(7)14(20)19(15(11)21)9-4-2-1-3-6(9)16(22)23/h1-4,7-8,10-13H,5H2,(H,22,23)/t7-,8-,10-,11+,12-,13+/m1/s1. The summed E-state index contributed by atoms with van der Waals surface area (Å²) in [4.78, 5) is 38.6. The largest absolute Gasteiger partial charge is 0.478 e. The first kappa shape index (κ1) is 15.3. The Morgan fingerprint density at radius 1 is 1.04 bits per heavy atom. The number of para-hydroxylation sites is 1. The van der Waals surface area contributed by atoms with Crippen LogP contribution in [0.3, 0.4) is 0 Å². The maximum Gasteiger partial charge on any atom is 0.337 e. The van der Waals surface area contributed by atoms with Crippen LogP contribution in [0.2, 0.25) is 0 Å². The number of fused-ring (bicyclic) bond motifs is 5. The van der Waals surface area contributed by atoms with E-state index in [0.29, 0.717) is 0 Å². The lowest BCUT2D eigenvalue weighted by atomic mass is 9.81. The molecule has 2 amide bonds. The van der Waals surface area contributed by atoms with Gasteiger partial charge in [0.25, 0.3) is 0 Å². The van der Waals surface area contributed by atoms with Crippen molar-refractivity contribution in [1.82, 2.24) is 0 Å². The summed E-state index contributed by atoms with van der Waals surface area (Å²) in [5, 5.41) is 9.34. The zero-order valence-corrected chi connectivity index (χ0v) is 15.0. The second-order valence-electron chi connectivity index (χ2n) is 6.34. The van der Waals surface area contributed by atoms with Gasteiger partial charge in [0.2, 0.25) is 11.8 Å². The minimum atomic E-state index is -1.14. The van der Waals surface area contributed by atoms with E-state index in [-0.39, 0.29) is 56.4 Å². The summed E-state index contributed by atoms with van der Waals surface area (Å²) in [6.07, 6.45) is 0.854. The van der Waals surface area contributed by atoms with Crippen molar-refractivity contribution in [2.45, 2.75) is 16.1 Å². The minimum absolute atomic E-state index is 0.0210. The predicted octanol–water partition coefficient (Wildman–Crippen LogP) is 2.67. The van der Waals surface area contributed by atoms with Crippen molar-refractivity contribution in [3.05, 3.63) is 29.8 Å². The van der Waals surface area contributed by atoms with E-state index in [1.165, 1.54) is 12.1 Å². The molecule has 1 aromatic rings. The van der Waals surface area contributed by atoms with Gasteiger partial charge in [-0.05, 0) is 30.4 Å². The molecule has 0 unspecified atom stereocenters. The number of hydrogen-bond donors (Lipinski definition) is 1. The molecule has 1 N–H and O–H groups in total. The van der Waals surface area contributed by atoms with Crippen LogP contribution in [0, 0.1) is 23.7 Å². The molecule has 1 saturated heterocycles. The van der Waals surface area contributed by atoms with Crippen molar-refractivity contribution in [2.24, 2.45) is 23.7 Å². The summed E-state index contributed by atoms with van der Waals surface area (Å²) < 4.78 is 0. The smallest absolute Gasteiger partial charge is 0.337 e.